The minimum absolute atomic E-state index is 0.0537. The van der Waals surface area contributed by atoms with E-state index in [1.54, 1.807) is 6.92 Å². The zero-order valence-corrected chi connectivity index (χ0v) is 11.7. The molecule has 118 valence electrons. The van der Waals surface area contributed by atoms with E-state index in [-0.39, 0.29) is 18.8 Å². The number of aromatic nitrogens is 1. The van der Waals surface area contributed by atoms with Crippen molar-refractivity contribution in [1.29, 1.82) is 0 Å². The Labute approximate surface area is 120 Å². The largest absolute Gasteiger partial charge is 0.481 e. The van der Waals surface area contributed by atoms with Crippen LogP contribution in [0.3, 0.4) is 0 Å². The van der Waals surface area contributed by atoms with E-state index in [9.17, 15) is 22.8 Å². The number of hydrogen-bond acceptors (Lipinski definition) is 2. The van der Waals surface area contributed by atoms with Gasteiger partial charge in [0.05, 0.1) is 5.92 Å². The molecule has 1 heterocycles. The van der Waals surface area contributed by atoms with Gasteiger partial charge in [-0.3, -0.25) is 9.59 Å². The fourth-order valence-corrected chi connectivity index (χ4v) is 1.87. The molecular weight excluding hydrogens is 289 g/mol. The second kappa shape index (κ2) is 6.64. The van der Waals surface area contributed by atoms with Crippen molar-refractivity contribution in [3.8, 4) is 0 Å². The quantitative estimate of drug-likeness (QED) is 0.876. The molecular formula is C13H17F3N2O3. The van der Waals surface area contributed by atoms with Crippen molar-refractivity contribution in [3.05, 3.63) is 24.0 Å². The number of amides is 1. The molecule has 0 aliphatic heterocycles. The molecule has 0 spiro atoms. The van der Waals surface area contributed by atoms with Gasteiger partial charge in [-0.2, -0.15) is 13.2 Å². The number of halogens is 3. The molecule has 0 aliphatic rings. The second-order valence-corrected chi connectivity index (χ2v) is 4.72. The maximum absolute atomic E-state index is 12.4. The number of rotatable bonds is 6. The molecule has 1 amide bonds. The van der Waals surface area contributed by atoms with Gasteiger partial charge >= 0.3 is 12.1 Å². The van der Waals surface area contributed by atoms with Gasteiger partial charge in [0.1, 0.15) is 12.2 Å². The minimum atomic E-state index is -4.43. The lowest BCUT2D eigenvalue weighted by molar-refractivity contribution is -0.141. The summed E-state index contributed by atoms with van der Waals surface area (Å²) in [4.78, 5) is 24.3. The highest BCUT2D eigenvalue weighted by Crippen LogP contribution is 2.20. The summed E-state index contributed by atoms with van der Waals surface area (Å²) >= 11 is 0. The third-order valence-electron chi connectivity index (χ3n) is 2.98. The molecule has 5 nitrogen and oxygen atoms in total. The van der Waals surface area contributed by atoms with Crippen LogP contribution in [0, 0.1) is 5.92 Å². The van der Waals surface area contributed by atoms with Gasteiger partial charge in [0, 0.05) is 19.3 Å². The molecule has 21 heavy (non-hydrogen) atoms. The zero-order chi connectivity index (χ0) is 16.2. The molecule has 8 heteroatoms. The van der Waals surface area contributed by atoms with Crippen LogP contribution >= 0.6 is 0 Å². The predicted molar refractivity (Wildman–Crippen MR) is 68.9 cm³/mol. The number of nitrogens with zero attached hydrogens (tertiary/aromatic N) is 2. The number of alkyl halides is 3. The van der Waals surface area contributed by atoms with Crippen molar-refractivity contribution >= 4 is 11.9 Å². The van der Waals surface area contributed by atoms with Gasteiger partial charge in [-0.05, 0) is 19.1 Å². The Balaban J connectivity index is 2.91. The van der Waals surface area contributed by atoms with E-state index < -0.39 is 30.5 Å². The van der Waals surface area contributed by atoms with E-state index >= 15 is 0 Å². The average molecular weight is 306 g/mol. The van der Waals surface area contributed by atoms with Crippen LogP contribution in [-0.4, -0.2) is 45.7 Å². The molecule has 1 N–H and O–H groups in total. The summed E-state index contributed by atoms with van der Waals surface area (Å²) in [5.74, 6) is -2.47. The number of carboxylic acids is 1. The Morgan fingerprint density at radius 1 is 1.43 bits per heavy atom. The Hall–Kier alpha value is -1.99. The summed E-state index contributed by atoms with van der Waals surface area (Å²) < 4.78 is 38.1. The van der Waals surface area contributed by atoms with Gasteiger partial charge in [-0.25, -0.2) is 0 Å². The van der Waals surface area contributed by atoms with Crippen molar-refractivity contribution < 1.29 is 27.9 Å². The first-order valence-corrected chi connectivity index (χ1v) is 6.39. The SMILES string of the molecule is CCN(CC(C)C(=O)O)C(=O)c1cccn1CC(F)(F)F. The molecule has 1 rings (SSSR count). The highest BCUT2D eigenvalue weighted by molar-refractivity contribution is 5.93. The smallest absolute Gasteiger partial charge is 0.406 e. The van der Waals surface area contributed by atoms with Crippen molar-refractivity contribution in [3.63, 3.8) is 0 Å². The number of hydrogen-bond donors (Lipinski definition) is 1. The van der Waals surface area contributed by atoms with Crippen molar-refractivity contribution in [2.24, 2.45) is 5.92 Å². The highest BCUT2D eigenvalue weighted by atomic mass is 19.4. The topological polar surface area (TPSA) is 62.5 Å². The van der Waals surface area contributed by atoms with Gasteiger partial charge in [0.25, 0.3) is 5.91 Å². The molecule has 0 bridgehead atoms. The fraction of sp³-hybridized carbons (Fsp3) is 0.538. The number of aliphatic carboxylic acids is 1. The van der Waals surface area contributed by atoms with E-state index in [0.717, 1.165) is 4.57 Å². The molecule has 1 atom stereocenters. The lowest BCUT2D eigenvalue weighted by atomic mass is 10.1. The van der Waals surface area contributed by atoms with E-state index in [4.69, 9.17) is 5.11 Å². The van der Waals surface area contributed by atoms with E-state index in [0.29, 0.717) is 0 Å². The maximum Gasteiger partial charge on any atom is 0.406 e. The van der Waals surface area contributed by atoms with Crippen molar-refractivity contribution in [1.82, 2.24) is 9.47 Å². The van der Waals surface area contributed by atoms with Gasteiger partial charge in [0.2, 0.25) is 0 Å². The number of carbonyl (C=O) groups is 2. The van der Waals surface area contributed by atoms with E-state index in [2.05, 4.69) is 0 Å². The van der Waals surface area contributed by atoms with Gasteiger partial charge in [0.15, 0.2) is 0 Å². The zero-order valence-electron chi connectivity index (χ0n) is 11.7. The van der Waals surface area contributed by atoms with E-state index in [1.807, 2.05) is 0 Å². The molecule has 0 saturated heterocycles. The Morgan fingerprint density at radius 3 is 2.52 bits per heavy atom. The summed E-state index contributed by atoms with van der Waals surface area (Å²) in [6, 6.07) is 2.65. The standard InChI is InChI=1S/C13H17F3N2O3/c1-3-17(7-9(2)12(20)21)11(19)10-5-4-6-18(10)8-13(14,15)16/h4-6,9H,3,7-8H2,1-2H3,(H,20,21). The van der Waals surface area contributed by atoms with Crippen LogP contribution in [0.25, 0.3) is 0 Å². The first-order valence-electron chi connectivity index (χ1n) is 6.39. The minimum Gasteiger partial charge on any atom is -0.481 e. The third kappa shape index (κ3) is 4.80. The summed E-state index contributed by atoms with van der Waals surface area (Å²) in [5.41, 5.74) is -0.105. The average Bonchev–Trinajstić information content (AvgIpc) is 2.80. The molecule has 0 aliphatic carbocycles. The normalized spacial score (nSPS) is 13.0. The van der Waals surface area contributed by atoms with Crippen molar-refractivity contribution in [2.75, 3.05) is 13.1 Å². The summed E-state index contributed by atoms with van der Waals surface area (Å²) in [7, 11) is 0. The Kier molecular flexibility index (Phi) is 5.40. The van der Waals surface area contributed by atoms with Crippen LogP contribution in [-0.2, 0) is 11.3 Å². The molecule has 1 aromatic rings. The van der Waals surface area contributed by atoms with Crippen LogP contribution in [0.4, 0.5) is 13.2 Å². The van der Waals surface area contributed by atoms with Crippen molar-refractivity contribution in [2.45, 2.75) is 26.6 Å². The lowest BCUT2D eigenvalue weighted by Crippen LogP contribution is -2.38. The molecule has 0 saturated carbocycles. The maximum atomic E-state index is 12.4. The summed E-state index contributed by atoms with van der Waals surface area (Å²) in [6.07, 6.45) is -3.26. The van der Waals surface area contributed by atoms with Gasteiger partial charge in [-0.15, -0.1) is 0 Å². The second-order valence-electron chi connectivity index (χ2n) is 4.72. The van der Waals surface area contributed by atoms with Gasteiger partial charge in [-0.1, -0.05) is 6.92 Å². The molecule has 1 aromatic heterocycles. The van der Waals surface area contributed by atoms with E-state index in [1.165, 1.54) is 30.2 Å². The third-order valence-corrected chi connectivity index (χ3v) is 2.98. The summed E-state index contributed by atoms with van der Waals surface area (Å²) in [5, 5.41) is 8.85. The molecule has 0 radical (unpaired) electrons. The lowest BCUT2D eigenvalue weighted by Gasteiger charge is -2.23. The van der Waals surface area contributed by atoms with Crippen LogP contribution in [0.2, 0.25) is 0 Å². The molecule has 1 unspecified atom stereocenters. The fourth-order valence-electron chi connectivity index (χ4n) is 1.87. The Morgan fingerprint density at radius 2 is 2.05 bits per heavy atom. The number of carboxylic acid groups (broad SMARTS) is 1. The van der Waals surface area contributed by atoms with Crippen LogP contribution in [0.1, 0.15) is 24.3 Å². The predicted octanol–water partition coefficient (Wildman–Crippen LogP) is 2.23. The molecule has 0 aromatic carbocycles. The van der Waals surface area contributed by atoms with Gasteiger partial charge < -0.3 is 14.6 Å². The Bertz CT molecular complexity index is 511. The summed E-state index contributed by atoms with van der Waals surface area (Å²) in [6.45, 7) is 1.99. The highest BCUT2D eigenvalue weighted by Gasteiger charge is 2.30. The van der Waals surface area contributed by atoms with Crippen LogP contribution in [0.15, 0.2) is 18.3 Å². The van der Waals surface area contributed by atoms with Crippen LogP contribution < -0.4 is 0 Å². The first-order chi connectivity index (χ1) is 9.65. The molecule has 0 fully saturated rings. The number of carbonyl (C=O) groups excluding carboxylic acids is 1. The van der Waals surface area contributed by atoms with Crippen LogP contribution in [0.5, 0.6) is 0 Å². The monoisotopic (exact) mass is 306 g/mol. The first kappa shape index (κ1) is 17.1.